The monoisotopic (exact) mass is 215 g/mol. The molecule has 0 fully saturated rings. The second kappa shape index (κ2) is 5.50. The zero-order chi connectivity index (χ0) is 12.1. The molecule has 0 unspecified atom stereocenters. The molecule has 0 spiro atoms. The number of carboxylic acids is 1. The molecule has 0 aliphatic heterocycles. The number of hydrogen-bond acceptors (Lipinski definition) is 2. The third-order valence-electron chi connectivity index (χ3n) is 2.79. The fourth-order valence-corrected chi connectivity index (χ4v) is 1.34. The molecule has 0 aliphatic carbocycles. The number of carbonyl (C=O) groups is 1. The molecule has 0 saturated heterocycles. The molecule has 0 atom stereocenters. The summed E-state index contributed by atoms with van der Waals surface area (Å²) in [4.78, 5) is 10.6. The summed E-state index contributed by atoms with van der Waals surface area (Å²) in [5.41, 5.74) is 0.120. The summed E-state index contributed by atoms with van der Waals surface area (Å²) in [6.45, 7) is 12.2. The van der Waals surface area contributed by atoms with E-state index in [1.807, 2.05) is 13.8 Å². The van der Waals surface area contributed by atoms with Crippen LogP contribution in [0.2, 0.25) is 0 Å². The Morgan fingerprint density at radius 1 is 1.13 bits per heavy atom. The van der Waals surface area contributed by atoms with Crippen molar-refractivity contribution in [2.24, 2.45) is 10.8 Å². The molecule has 0 rings (SSSR count). The van der Waals surface area contributed by atoms with Crippen LogP contribution in [-0.2, 0) is 4.79 Å². The molecule has 0 aromatic rings. The van der Waals surface area contributed by atoms with E-state index in [2.05, 4.69) is 26.1 Å². The van der Waals surface area contributed by atoms with Crippen LogP contribution in [0.5, 0.6) is 0 Å². The quantitative estimate of drug-likeness (QED) is 0.686. The van der Waals surface area contributed by atoms with Crippen LogP contribution in [-0.4, -0.2) is 24.2 Å². The van der Waals surface area contributed by atoms with Gasteiger partial charge in [-0.25, -0.2) is 0 Å². The Bertz CT molecular complexity index is 210. The standard InChI is InChI=1S/C12H25NO2/c1-6-11(2,3)8-13-9-12(4,5)7-10(14)15/h13H,6-9H2,1-5H3,(H,14,15). The Balaban J connectivity index is 3.89. The Hall–Kier alpha value is -0.570. The summed E-state index contributed by atoms with van der Waals surface area (Å²) < 4.78 is 0. The topological polar surface area (TPSA) is 49.3 Å². The highest BCUT2D eigenvalue weighted by Crippen LogP contribution is 2.21. The average Bonchev–Trinajstić information content (AvgIpc) is 2.00. The second-order valence-electron chi connectivity index (χ2n) is 5.86. The zero-order valence-corrected chi connectivity index (χ0v) is 10.7. The van der Waals surface area contributed by atoms with E-state index >= 15 is 0 Å². The van der Waals surface area contributed by atoms with E-state index in [9.17, 15) is 4.79 Å². The lowest BCUT2D eigenvalue weighted by Crippen LogP contribution is -2.36. The Kier molecular flexibility index (Phi) is 5.29. The van der Waals surface area contributed by atoms with Gasteiger partial charge >= 0.3 is 5.97 Å². The third kappa shape index (κ3) is 7.37. The van der Waals surface area contributed by atoms with E-state index in [0.717, 1.165) is 19.5 Å². The van der Waals surface area contributed by atoms with Crippen LogP contribution in [0.3, 0.4) is 0 Å². The van der Waals surface area contributed by atoms with E-state index in [1.165, 1.54) is 0 Å². The van der Waals surface area contributed by atoms with Gasteiger partial charge in [-0.2, -0.15) is 0 Å². The van der Waals surface area contributed by atoms with Crippen molar-refractivity contribution in [3.8, 4) is 0 Å². The van der Waals surface area contributed by atoms with Gasteiger partial charge in [0.05, 0.1) is 6.42 Å². The summed E-state index contributed by atoms with van der Waals surface area (Å²) >= 11 is 0. The predicted octanol–water partition coefficient (Wildman–Crippen LogP) is 2.51. The van der Waals surface area contributed by atoms with Crippen LogP contribution >= 0.6 is 0 Å². The van der Waals surface area contributed by atoms with Gasteiger partial charge in [-0.05, 0) is 17.3 Å². The fraction of sp³-hybridized carbons (Fsp3) is 0.917. The third-order valence-corrected chi connectivity index (χ3v) is 2.79. The van der Waals surface area contributed by atoms with Crippen molar-refractivity contribution in [3.05, 3.63) is 0 Å². The highest BCUT2D eigenvalue weighted by molar-refractivity contribution is 5.67. The lowest BCUT2D eigenvalue weighted by atomic mass is 9.87. The summed E-state index contributed by atoms with van der Waals surface area (Å²) in [5, 5.41) is 12.1. The van der Waals surface area contributed by atoms with Gasteiger partial charge in [-0.1, -0.05) is 34.6 Å². The highest BCUT2D eigenvalue weighted by atomic mass is 16.4. The molecule has 2 N–H and O–H groups in total. The largest absolute Gasteiger partial charge is 0.481 e. The van der Waals surface area contributed by atoms with E-state index < -0.39 is 5.97 Å². The van der Waals surface area contributed by atoms with Crippen LogP contribution in [0.15, 0.2) is 0 Å². The molecule has 0 aromatic carbocycles. The molecule has 0 radical (unpaired) electrons. The van der Waals surface area contributed by atoms with Crippen molar-refractivity contribution in [3.63, 3.8) is 0 Å². The van der Waals surface area contributed by atoms with Gasteiger partial charge < -0.3 is 10.4 Å². The first-order valence-corrected chi connectivity index (χ1v) is 5.61. The van der Waals surface area contributed by atoms with Crippen LogP contribution in [0.25, 0.3) is 0 Å². The van der Waals surface area contributed by atoms with Gasteiger partial charge in [0, 0.05) is 13.1 Å². The van der Waals surface area contributed by atoms with Gasteiger partial charge in [0.15, 0.2) is 0 Å². The Morgan fingerprint density at radius 3 is 2.00 bits per heavy atom. The first kappa shape index (κ1) is 14.4. The van der Waals surface area contributed by atoms with Gasteiger partial charge in [0.2, 0.25) is 0 Å². The van der Waals surface area contributed by atoms with Crippen molar-refractivity contribution in [2.45, 2.75) is 47.5 Å². The van der Waals surface area contributed by atoms with Crippen LogP contribution < -0.4 is 5.32 Å². The lowest BCUT2D eigenvalue weighted by Gasteiger charge is -2.28. The molecule has 0 heterocycles. The molecule has 0 saturated carbocycles. The summed E-state index contributed by atoms with van der Waals surface area (Å²) in [7, 11) is 0. The average molecular weight is 215 g/mol. The molecule has 0 bridgehead atoms. The maximum Gasteiger partial charge on any atom is 0.303 e. The van der Waals surface area contributed by atoms with Gasteiger partial charge in [0.25, 0.3) is 0 Å². The summed E-state index contributed by atoms with van der Waals surface area (Å²) in [6.07, 6.45) is 1.34. The highest BCUT2D eigenvalue weighted by Gasteiger charge is 2.22. The first-order chi connectivity index (χ1) is 6.68. The number of rotatable bonds is 7. The van der Waals surface area contributed by atoms with E-state index in [0.29, 0.717) is 5.41 Å². The number of hydrogen-bond donors (Lipinski definition) is 2. The summed E-state index contributed by atoms with van der Waals surface area (Å²) in [5.74, 6) is -0.725. The molecule has 0 amide bonds. The Morgan fingerprint density at radius 2 is 1.60 bits per heavy atom. The van der Waals surface area contributed by atoms with Crippen molar-refractivity contribution in [1.82, 2.24) is 5.32 Å². The molecular formula is C12H25NO2. The minimum atomic E-state index is -0.725. The zero-order valence-electron chi connectivity index (χ0n) is 10.7. The van der Waals surface area contributed by atoms with E-state index in [-0.39, 0.29) is 11.8 Å². The summed E-state index contributed by atoms with van der Waals surface area (Å²) in [6, 6.07) is 0. The molecular weight excluding hydrogens is 190 g/mol. The van der Waals surface area contributed by atoms with Crippen molar-refractivity contribution in [2.75, 3.05) is 13.1 Å². The van der Waals surface area contributed by atoms with Gasteiger partial charge in [-0.15, -0.1) is 0 Å². The number of carboxylic acid groups (broad SMARTS) is 1. The van der Waals surface area contributed by atoms with Crippen molar-refractivity contribution >= 4 is 5.97 Å². The number of nitrogens with one attached hydrogen (secondary N) is 1. The SMILES string of the molecule is CCC(C)(C)CNCC(C)(C)CC(=O)O. The minimum Gasteiger partial charge on any atom is -0.481 e. The normalized spacial score (nSPS) is 12.9. The van der Waals surface area contributed by atoms with Crippen LogP contribution in [0.1, 0.15) is 47.5 Å². The predicted molar refractivity (Wildman–Crippen MR) is 63.0 cm³/mol. The first-order valence-electron chi connectivity index (χ1n) is 5.61. The molecule has 0 aromatic heterocycles. The molecule has 3 heteroatoms. The Labute approximate surface area is 93.3 Å². The number of aliphatic carboxylic acids is 1. The smallest absolute Gasteiger partial charge is 0.303 e. The maximum atomic E-state index is 10.6. The minimum absolute atomic E-state index is 0.171. The van der Waals surface area contributed by atoms with Crippen LogP contribution in [0.4, 0.5) is 0 Å². The fourth-order valence-electron chi connectivity index (χ4n) is 1.34. The van der Waals surface area contributed by atoms with E-state index in [1.54, 1.807) is 0 Å². The molecule has 15 heavy (non-hydrogen) atoms. The van der Waals surface area contributed by atoms with E-state index in [4.69, 9.17) is 5.11 Å². The van der Waals surface area contributed by atoms with Gasteiger partial charge in [-0.3, -0.25) is 4.79 Å². The molecule has 3 nitrogen and oxygen atoms in total. The molecule has 0 aliphatic rings. The maximum absolute atomic E-state index is 10.6. The lowest BCUT2D eigenvalue weighted by molar-refractivity contribution is -0.139. The molecule has 90 valence electrons. The van der Waals surface area contributed by atoms with Crippen molar-refractivity contribution in [1.29, 1.82) is 0 Å². The van der Waals surface area contributed by atoms with Gasteiger partial charge in [0.1, 0.15) is 0 Å². The van der Waals surface area contributed by atoms with Crippen LogP contribution in [0, 0.1) is 10.8 Å². The second-order valence-corrected chi connectivity index (χ2v) is 5.86. The van der Waals surface area contributed by atoms with Crippen molar-refractivity contribution < 1.29 is 9.90 Å².